The van der Waals surface area contributed by atoms with Crippen molar-refractivity contribution in [3.05, 3.63) is 52.6 Å². The number of benzene rings is 1. The zero-order chi connectivity index (χ0) is 24.9. The highest BCUT2D eigenvalue weighted by Gasteiger charge is 2.33. The number of piperidine rings is 1. The van der Waals surface area contributed by atoms with Gasteiger partial charge in [0, 0.05) is 41.5 Å². The van der Waals surface area contributed by atoms with E-state index in [9.17, 15) is 18.0 Å². The van der Waals surface area contributed by atoms with Gasteiger partial charge in [0.25, 0.3) is 5.91 Å². The number of nitrogen functional groups attached to an aromatic ring is 1. The van der Waals surface area contributed by atoms with Gasteiger partial charge in [0.1, 0.15) is 17.2 Å². The summed E-state index contributed by atoms with van der Waals surface area (Å²) in [6.07, 6.45) is 0.451. The van der Waals surface area contributed by atoms with Gasteiger partial charge >= 0.3 is 6.36 Å². The Bertz CT molecular complexity index is 1280. The van der Waals surface area contributed by atoms with E-state index in [1.165, 1.54) is 12.3 Å². The van der Waals surface area contributed by atoms with Gasteiger partial charge in [-0.1, -0.05) is 6.92 Å². The number of likely N-dealkylation sites (tertiary alicyclic amines) is 1. The number of aryl methyl sites for hydroxylation is 1. The van der Waals surface area contributed by atoms with Crippen molar-refractivity contribution in [3.63, 3.8) is 0 Å². The van der Waals surface area contributed by atoms with Crippen molar-refractivity contribution in [2.24, 2.45) is 5.92 Å². The molecule has 0 saturated carbocycles. The van der Waals surface area contributed by atoms with Crippen LogP contribution in [0.1, 0.15) is 59.3 Å². The normalized spacial score (nSPS) is 19.1. The summed E-state index contributed by atoms with van der Waals surface area (Å²) >= 11 is 0. The summed E-state index contributed by atoms with van der Waals surface area (Å²) in [4.78, 5) is 22.3. The molecular weight excluding hydrogens is 464 g/mol. The van der Waals surface area contributed by atoms with E-state index in [2.05, 4.69) is 21.6 Å². The SMILES string of the molecule is C[C@H]1CCc2[nH]c3ncc(F)c(C4CCN(C(=O)c5ccc(OC(F)(F)F)cc5N)CC4)c3c2C1. The van der Waals surface area contributed by atoms with Gasteiger partial charge in [-0.15, -0.1) is 13.2 Å². The van der Waals surface area contributed by atoms with E-state index in [-0.39, 0.29) is 28.9 Å². The van der Waals surface area contributed by atoms with Crippen LogP contribution in [-0.4, -0.2) is 40.2 Å². The van der Waals surface area contributed by atoms with Gasteiger partial charge in [0.2, 0.25) is 0 Å². The van der Waals surface area contributed by atoms with Crippen LogP contribution in [0.25, 0.3) is 11.0 Å². The maximum absolute atomic E-state index is 15.1. The molecule has 0 bridgehead atoms. The predicted molar refractivity (Wildman–Crippen MR) is 123 cm³/mol. The number of anilines is 1. The van der Waals surface area contributed by atoms with Crippen LogP contribution in [0.15, 0.2) is 24.4 Å². The van der Waals surface area contributed by atoms with E-state index in [4.69, 9.17) is 5.73 Å². The Hall–Kier alpha value is -3.30. The molecule has 1 aliphatic heterocycles. The van der Waals surface area contributed by atoms with E-state index >= 15 is 4.39 Å². The van der Waals surface area contributed by atoms with Gasteiger partial charge in [-0.3, -0.25) is 4.79 Å². The molecule has 0 spiro atoms. The number of nitrogens with two attached hydrogens (primary N) is 1. The van der Waals surface area contributed by atoms with Gasteiger partial charge < -0.3 is 20.4 Å². The van der Waals surface area contributed by atoms with Crippen LogP contribution in [0.4, 0.5) is 23.2 Å². The van der Waals surface area contributed by atoms with Crippen LogP contribution in [0, 0.1) is 11.7 Å². The molecule has 6 nitrogen and oxygen atoms in total. The number of H-pyrrole nitrogens is 1. The number of nitrogens with zero attached hydrogens (tertiary/aromatic N) is 2. The smallest absolute Gasteiger partial charge is 0.406 e. The summed E-state index contributed by atoms with van der Waals surface area (Å²) in [5.74, 6) is -0.719. The number of nitrogens with one attached hydrogen (secondary N) is 1. The first-order valence-electron chi connectivity index (χ1n) is 11.7. The molecule has 0 radical (unpaired) electrons. The minimum atomic E-state index is -4.84. The molecule has 0 unspecified atom stereocenters. The van der Waals surface area contributed by atoms with Crippen LogP contribution in [0.3, 0.4) is 0 Å². The largest absolute Gasteiger partial charge is 0.573 e. The quantitative estimate of drug-likeness (QED) is 0.384. The van der Waals surface area contributed by atoms with Crippen molar-refractivity contribution in [1.82, 2.24) is 14.9 Å². The van der Waals surface area contributed by atoms with Gasteiger partial charge in [-0.2, -0.15) is 0 Å². The third-order valence-electron chi connectivity index (χ3n) is 7.12. The average Bonchev–Trinajstić information content (AvgIpc) is 3.16. The standard InChI is InChI=1S/C25H26F4N4O2/c1-13-2-5-20-17(10-13)22-21(18(26)12-31-23(22)32-20)14-6-8-33(9-7-14)24(34)16-4-3-15(11-19(16)30)35-25(27,28)29/h3-4,11-14H,2,5-10,30H2,1H3,(H,31,32)/t13-/m0/s1. The molecule has 2 aromatic heterocycles. The molecule has 3 N–H and O–H groups in total. The van der Waals surface area contributed by atoms with Crippen molar-refractivity contribution in [3.8, 4) is 5.75 Å². The highest BCUT2D eigenvalue weighted by molar-refractivity contribution is 5.99. The van der Waals surface area contributed by atoms with Crippen molar-refractivity contribution >= 4 is 22.6 Å². The minimum Gasteiger partial charge on any atom is -0.406 e. The van der Waals surface area contributed by atoms with Gasteiger partial charge in [0.05, 0.1) is 11.8 Å². The zero-order valence-corrected chi connectivity index (χ0v) is 19.2. The lowest BCUT2D eigenvalue weighted by Crippen LogP contribution is -2.38. The molecule has 1 fully saturated rings. The van der Waals surface area contributed by atoms with Crippen LogP contribution in [0.5, 0.6) is 5.75 Å². The van der Waals surface area contributed by atoms with Gasteiger partial charge in [-0.05, 0) is 61.6 Å². The van der Waals surface area contributed by atoms with Crippen molar-refractivity contribution in [2.45, 2.75) is 51.3 Å². The number of halogens is 4. The Morgan fingerprint density at radius 3 is 2.66 bits per heavy atom. The van der Waals surface area contributed by atoms with Crippen molar-refractivity contribution in [2.75, 3.05) is 18.8 Å². The fraction of sp³-hybridized carbons (Fsp3) is 0.440. The first-order chi connectivity index (χ1) is 16.6. The lowest BCUT2D eigenvalue weighted by atomic mass is 9.83. The molecule has 1 atom stereocenters. The number of fused-ring (bicyclic) bond motifs is 3. The molecule has 1 amide bonds. The fourth-order valence-electron chi connectivity index (χ4n) is 5.43. The number of carbonyl (C=O) groups excluding carboxylic acids is 1. The number of hydrogen-bond donors (Lipinski definition) is 2. The number of ether oxygens (including phenoxy) is 1. The molecule has 2 aliphatic rings. The third-order valence-corrected chi connectivity index (χ3v) is 7.12. The zero-order valence-electron chi connectivity index (χ0n) is 19.2. The molecule has 5 rings (SSSR count). The van der Waals surface area contributed by atoms with Crippen LogP contribution < -0.4 is 10.5 Å². The molecule has 3 aromatic rings. The lowest BCUT2D eigenvalue weighted by Gasteiger charge is -2.33. The minimum absolute atomic E-state index is 0.0680. The summed E-state index contributed by atoms with van der Waals surface area (Å²) in [6, 6.07) is 3.31. The first kappa shape index (κ1) is 23.4. The monoisotopic (exact) mass is 490 g/mol. The maximum Gasteiger partial charge on any atom is 0.573 e. The fourth-order valence-corrected chi connectivity index (χ4v) is 5.43. The summed E-state index contributed by atoms with van der Waals surface area (Å²) < 4.78 is 56.3. The Balaban J connectivity index is 1.34. The summed E-state index contributed by atoms with van der Waals surface area (Å²) in [5.41, 5.74) is 9.57. The molecule has 3 heterocycles. The second-order valence-corrected chi connectivity index (χ2v) is 9.54. The number of hydrogen-bond acceptors (Lipinski definition) is 4. The predicted octanol–water partition coefficient (Wildman–Crippen LogP) is 5.33. The molecule has 186 valence electrons. The first-order valence-corrected chi connectivity index (χ1v) is 11.7. The Kier molecular flexibility index (Phi) is 5.85. The molecule has 1 aromatic carbocycles. The number of aromatic nitrogens is 2. The average molecular weight is 491 g/mol. The molecule has 1 aliphatic carbocycles. The highest BCUT2D eigenvalue weighted by atomic mass is 19.4. The Morgan fingerprint density at radius 1 is 1.23 bits per heavy atom. The summed E-state index contributed by atoms with van der Waals surface area (Å²) in [7, 11) is 0. The highest BCUT2D eigenvalue weighted by Crippen LogP contribution is 2.40. The van der Waals surface area contributed by atoms with Gasteiger partial charge in [-0.25, -0.2) is 9.37 Å². The third kappa shape index (κ3) is 4.53. The van der Waals surface area contributed by atoms with Crippen LogP contribution in [-0.2, 0) is 12.8 Å². The maximum atomic E-state index is 15.1. The number of pyridine rings is 1. The number of rotatable bonds is 3. The van der Waals surface area contributed by atoms with E-state index in [1.54, 1.807) is 4.90 Å². The molecular formula is C25H26F4N4O2. The molecule has 1 saturated heterocycles. The Labute approximate surface area is 199 Å². The molecule has 10 heteroatoms. The van der Waals surface area contributed by atoms with E-state index < -0.39 is 12.1 Å². The van der Waals surface area contributed by atoms with Crippen molar-refractivity contribution < 1.29 is 27.1 Å². The summed E-state index contributed by atoms with van der Waals surface area (Å²) in [5, 5.41) is 0.890. The van der Waals surface area contributed by atoms with E-state index in [1.807, 2.05) is 0 Å². The number of carbonyl (C=O) groups is 1. The second-order valence-electron chi connectivity index (χ2n) is 9.54. The number of amides is 1. The second kappa shape index (κ2) is 8.73. The number of aromatic amines is 1. The van der Waals surface area contributed by atoms with Crippen LogP contribution >= 0.6 is 0 Å². The van der Waals surface area contributed by atoms with Crippen LogP contribution in [0.2, 0.25) is 0 Å². The lowest BCUT2D eigenvalue weighted by molar-refractivity contribution is -0.274. The molecule has 35 heavy (non-hydrogen) atoms. The Morgan fingerprint density at radius 2 is 1.97 bits per heavy atom. The van der Waals surface area contributed by atoms with E-state index in [0.29, 0.717) is 43.1 Å². The number of alkyl halides is 3. The topological polar surface area (TPSA) is 84.2 Å². The van der Waals surface area contributed by atoms with Gasteiger partial charge in [0.15, 0.2) is 0 Å². The summed E-state index contributed by atoms with van der Waals surface area (Å²) in [6.45, 7) is 2.97. The van der Waals surface area contributed by atoms with E-state index in [0.717, 1.165) is 48.0 Å². The van der Waals surface area contributed by atoms with Crippen molar-refractivity contribution in [1.29, 1.82) is 0 Å².